The standard InChI is InChI=1S/C11H25N3/c1-6-8-11(12)14(7-2)10(3)9-13(4)5/h10,12H,6-9H2,1-5H3. The van der Waals surface area contributed by atoms with Crippen LogP contribution in [0.3, 0.4) is 0 Å². The topological polar surface area (TPSA) is 30.3 Å². The van der Waals surface area contributed by atoms with Crippen LogP contribution in [0.2, 0.25) is 0 Å². The van der Waals surface area contributed by atoms with Crippen LogP contribution in [0.5, 0.6) is 0 Å². The summed E-state index contributed by atoms with van der Waals surface area (Å²) >= 11 is 0. The maximum Gasteiger partial charge on any atom is 0.0960 e. The monoisotopic (exact) mass is 199 g/mol. The van der Waals surface area contributed by atoms with Crippen LogP contribution in [0, 0.1) is 5.41 Å². The van der Waals surface area contributed by atoms with E-state index in [0.717, 1.165) is 31.8 Å². The molecule has 0 aromatic heterocycles. The number of nitrogens with zero attached hydrogens (tertiary/aromatic N) is 2. The fraction of sp³-hybridized carbons (Fsp3) is 0.909. The Kier molecular flexibility index (Phi) is 6.54. The molecule has 0 saturated carbocycles. The molecule has 0 aliphatic rings. The lowest BCUT2D eigenvalue weighted by Crippen LogP contribution is -2.43. The number of hydrogen-bond donors (Lipinski definition) is 1. The summed E-state index contributed by atoms with van der Waals surface area (Å²) in [6, 6.07) is 0.439. The van der Waals surface area contributed by atoms with Gasteiger partial charge < -0.3 is 9.80 Å². The largest absolute Gasteiger partial charge is 0.357 e. The molecule has 0 aromatic rings. The van der Waals surface area contributed by atoms with Crippen molar-refractivity contribution in [2.75, 3.05) is 27.2 Å². The maximum absolute atomic E-state index is 7.93. The number of likely N-dealkylation sites (N-methyl/N-ethyl adjacent to an activating group) is 2. The Hall–Kier alpha value is -0.570. The van der Waals surface area contributed by atoms with E-state index in [9.17, 15) is 0 Å². The van der Waals surface area contributed by atoms with Gasteiger partial charge in [-0.2, -0.15) is 0 Å². The van der Waals surface area contributed by atoms with Crippen LogP contribution in [0.15, 0.2) is 0 Å². The molecule has 0 amide bonds. The molecule has 0 bridgehead atoms. The van der Waals surface area contributed by atoms with Crippen molar-refractivity contribution in [2.24, 2.45) is 0 Å². The average molecular weight is 199 g/mol. The van der Waals surface area contributed by atoms with Crippen LogP contribution in [0.25, 0.3) is 0 Å². The van der Waals surface area contributed by atoms with Crippen molar-refractivity contribution in [3.8, 4) is 0 Å². The molecule has 0 aliphatic carbocycles. The van der Waals surface area contributed by atoms with Crippen LogP contribution in [0.4, 0.5) is 0 Å². The molecular formula is C11H25N3. The second kappa shape index (κ2) is 6.82. The van der Waals surface area contributed by atoms with Crippen LogP contribution in [0.1, 0.15) is 33.6 Å². The van der Waals surface area contributed by atoms with E-state index >= 15 is 0 Å². The van der Waals surface area contributed by atoms with Gasteiger partial charge in [-0.05, 0) is 34.4 Å². The molecule has 0 aromatic carbocycles. The summed E-state index contributed by atoms with van der Waals surface area (Å²) in [7, 11) is 4.15. The average Bonchev–Trinajstić information content (AvgIpc) is 2.04. The quantitative estimate of drug-likeness (QED) is 0.524. The first-order chi connectivity index (χ1) is 6.52. The minimum atomic E-state index is 0.439. The van der Waals surface area contributed by atoms with E-state index in [1.165, 1.54) is 0 Å². The molecule has 0 saturated heterocycles. The zero-order valence-electron chi connectivity index (χ0n) is 10.3. The summed E-state index contributed by atoms with van der Waals surface area (Å²) in [5.74, 6) is 0.782. The number of hydrogen-bond acceptors (Lipinski definition) is 2. The Bertz CT molecular complexity index is 166. The van der Waals surface area contributed by atoms with E-state index in [-0.39, 0.29) is 0 Å². The van der Waals surface area contributed by atoms with Gasteiger partial charge in [-0.1, -0.05) is 6.92 Å². The molecule has 0 rings (SSSR count). The minimum absolute atomic E-state index is 0.439. The lowest BCUT2D eigenvalue weighted by Gasteiger charge is -2.32. The van der Waals surface area contributed by atoms with Gasteiger partial charge in [0, 0.05) is 25.6 Å². The highest BCUT2D eigenvalue weighted by atomic mass is 15.2. The van der Waals surface area contributed by atoms with E-state index in [2.05, 4.69) is 44.7 Å². The Balaban J connectivity index is 4.17. The number of amidine groups is 1. The molecular weight excluding hydrogens is 174 g/mol. The third-order valence-corrected chi connectivity index (χ3v) is 2.34. The van der Waals surface area contributed by atoms with Gasteiger partial charge in [-0.15, -0.1) is 0 Å². The lowest BCUT2D eigenvalue weighted by molar-refractivity contribution is 0.259. The summed E-state index contributed by atoms with van der Waals surface area (Å²) in [4.78, 5) is 4.36. The van der Waals surface area contributed by atoms with Gasteiger partial charge in [0.15, 0.2) is 0 Å². The van der Waals surface area contributed by atoms with Crippen molar-refractivity contribution in [1.29, 1.82) is 5.41 Å². The van der Waals surface area contributed by atoms with Crippen molar-refractivity contribution < 1.29 is 0 Å². The second-order valence-corrected chi connectivity index (χ2v) is 4.09. The van der Waals surface area contributed by atoms with E-state index in [0.29, 0.717) is 6.04 Å². The van der Waals surface area contributed by atoms with Gasteiger partial charge in [0.2, 0.25) is 0 Å². The van der Waals surface area contributed by atoms with Gasteiger partial charge in [-0.25, -0.2) is 0 Å². The summed E-state index contributed by atoms with van der Waals surface area (Å²) in [5.41, 5.74) is 0. The summed E-state index contributed by atoms with van der Waals surface area (Å²) in [6.07, 6.45) is 1.95. The number of nitrogens with one attached hydrogen (secondary N) is 1. The summed E-state index contributed by atoms with van der Waals surface area (Å²) < 4.78 is 0. The molecule has 0 radical (unpaired) electrons. The number of rotatable bonds is 6. The fourth-order valence-electron chi connectivity index (χ4n) is 1.78. The van der Waals surface area contributed by atoms with Crippen molar-refractivity contribution >= 4 is 5.84 Å². The molecule has 84 valence electrons. The Morgan fingerprint density at radius 1 is 1.29 bits per heavy atom. The second-order valence-electron chi connectivity index (χ2n) is 4.09. The van der Waals surface area contributed by atoms with Crippen molar-refractivity contribution in [2.45, 2.75) is 39.7 Å². The van der Waals surface area contributed by atoms with Crippen LogP contribution >= 0.6 is 0 Å². The molecule has 1 N–H and O–H groups in total. The predicted molar refractivity (Wildman–Crippen MR) is 63.0 cm³/mol. The molecule has 0 heterocycles. The van der Waals surface area contributed by atoms with E-state index in [1.807, 2.05) is 0 Å². The zero-order valence-corrected chi connectivity index (χ0v) is 10.3. The van der Waals surface area contributed by atoms with Gasteiger partial charge >= 0.3 is 0 Å². The van der Waals surface area contributed by atoms with Gasteiger partial charge in [-0.3, -0.25) is 5.41 Å². The highest BCUT2D eigenvalue weighted by Gasteiger charge is 2.14. The van der Waals surface area contributed by atoms with E-state index in [4.69, 9.17) is 5.41 Å². The fourth-order valence-corrected chi connectivity index (χ4v) is 1.78. The van der Waals surface area contributed by atoms with Crippen LogP contribution in [-0.4, -0.2) is 48.9 Å². The normalized spacial score (nSPS) is 13.0. The molecule has 0 aliphatic heterocycles. The molecule has 1 atom stereocenters. The predicted octanol–water partition coefficient (Wildman–Crippen LogP) is 2.04. The van der Waals surface area contributed by atoms with Crippen LogP contribution in [-0.2, 0) is 0 Å². The molecule has 3 nitrogen and oxygen atoms in total. The molecule has 14 heavy (non-hydrogen) atoms. The van der Waals surface area contributed by atoms with Gasteiger partial charge in [0.05, 0.1) is 5.84 Å². The van der Waals surface area contributed by atoms with Gasteiger partial charge in [0.25, 0.3) is 0 Å². The third kappa shape index (κ3) is 4.61. The Labute approximate surface area is 88.6 Å². The SMILES string of the molecule is CCCC(=N)N(CC)C(C)CN(C)C. The van der Waals surface area contributed by atoms with Gasteiger partial charge in [0.1, 0.15) is 0 Å². The van der Waals surface area contributed by atoms with Crippen LogP contribution < -0.4 is 0 Å². The van der Waals surface area contributed by atoms with Crippen molar-refractivity contribution in [3.05, 3.63) is 0 Å². The first kappa shape index (κ1) is 13.4. The van der Waals surface area contributed by atoms with Crippen molar-refractivity contribution in [1.82, 2.24) is 9.80 Å². The summed E-state index contributed by atoms with van der Waals surface area (Å²) in [5, 5.41) is 7.93. The lowest BCUT2D eigenvalue weighted by atomic mass is 10.2. The van der Waals surface area contributed by atoms with E-state index in [1.54, 1.807) is 0 Å². The Morgan fingerprint density at radius 2 is 1.86 bits per heavy atom. The van der Waals surface area contributed by atoms with Crippen molar-refractivity contribution in [3.63, 3.8) is 0 Å². The van der Waals surface area contributed by atoms with E-state index < -0.39 is 0 Å². The first-order valence-corrected chi connectivity index (χ1v) is 5.51. The molecule has 0 spiro atoms. The molecule has 3 heteroatoms. The minimum Gasteiger partial charge on any atom is -0.357 e. The highest BCUT2D eigenvalue weighted by molar-refractivity contribution is 5.79. The zero-order chi connectivity index (χ0) is 11.1. The smallest absolute Gasteiger partial charge is 0.0960 e. The third-order valence-electron chi connectivity index (χ3n) is 2.34. The molecule has 0 fully saturated rings. The molecule has 1 unspecified atom stereocenters. The maximum atomic E-state index is 7.93. The Morgan fingerprint density at radius 3 is 2.21 bits per heavy atom. The summed E-state index contributed by atoms with van der Waals surface area (Å²) in [6.45, 7) is 8.39. The highest BCUT2D eigenvalue weighted by Crippen LogP contribution is 2.04. The first-order valence-electron chi connectivity index (χ1n) is 5.51.